The molecule has 1 heterocycles. The van der Waals surface area contributed by atoms with Crippen molar-refractivity contribution in [3.63, 3.8) is 0 Å². The molecule has 1 aliphatic heterocycles. The summed E-state index contributed by atoms with van der Waals surface area (Å²) in [4.78, 5) is 0. The Morgan fingerprint density at radius 2 is 1.75 bits per heavy atom. The molecule has 0 saturated carbocycles. The predicted molar refractivity (Wildman–Crippen MR) is 67.3 cm³/mol. The average molecular weight is 213 g/mol. The summed E-state index contributed by atoms with van der Waals surface area (Å²) in [5.74, 6) is 0. The van der Waals surface area contributed by atoms with Crippen LogP contribution in [0.4, 0.5) is 0 Å². The van der Waals surface area contributed by atoms with Gasteiger partial charge in [0.25, 0.3) is 0 Å². The van der Waals surface area contributed by atoms with Crippen molar-refractivity contribution >= 4 is 0 Å². The van der Waals surface area contributed by atoms with Crippen LogP contribution in [0, 0.1) is 0 Å². The van der Waals surface area contributed by atoms with E-state index in [0.717, 1.165) is 6.54 Å². The minimum Gasteiger partial charge on any atom is -0.306 e. The third-order valence-corrected chi connectivity index (χ3v) is 3.89. The van der Waals surface area contributed by atoms with Crippen LogP contribution in [-0.2, 0) is 0 Å². The molecule has 84 valence electrons. The lowest BCUT2D eigenvalue weighted by molar-refractivity contribution is 0.489. The first kappa shape index (κ1) is 10.1. The first-order valence-electron chi connectivity index (χ1n) is 6.44. The van der Waals surface area contributed by atoms with Gasteiger partial charge < -0.3 is 5.32 Å². The van der Waals surface area contributed by atoms with E-state index < -0.39 is 0 Å². The molecule has 0 bridgehead atoms. The Kier molecular flexibility index (Phi) is 2.79. The van der Waals surface area contributed by atoms with E-state index >= 15 is 0 Å². The molecule has 3 rings (SSSR count). The molecule has 1 atom stereocenters. The molecule has 0 spiro atoms. The topological polar surface area (TPSA) is 12.0 Å². The highest BCUT2D eigenvalue weighted by atomic mass is 14.9. The van der Waals surface area contributed by atoms with Gasteiger partial charge >= 0.3 is 0 Å². The monoisotopic (exact) mass is 213 g/mol. The van der Waals surface area contributed by atoms with E-state index in [0.29, 0.717) is 6.04 Å². The maximum atomic E-state index is 3.68. The van der Waals surface area contributed by atoms with Gasteiger partial charge in [-0.1, -0.05) is 35.9 Å². The molecule has 1 aromatic carbocycles. The second-order valence-electron chi connectivity index (χ2n) is 4.88. The SMILES string of the molecule is c1ccc(C2NCCC3=C2CCCC3)cc1. The second-order valence-corrected chi connectivity index (χ2v) is 4.88. The second kappa shape index (κ2) is 4.42. The van der Waals surface area contributed by atoms with Crippen molar-refractivity contribution in [1.82, 2.24) is 5.32 Å². The molecule has 16 heavy (non-hydrogen) atoms. The smallest absolute Gasteiger partial charge is 0.0538 e. The van der Waals surface area contributed by atoms with Crippen molar-refractivity contribution in [3.8, 4) is 0 Å². The number of rotatable bonds is 1. The maximum Gasteiger partial charge on any atom is 0.0538 e. The molecule has 1 nitrogen and oxygen atoms in total. The molecule has 0 amide bonds. The zero-order chi connectivity index (χ0) is 10.8. The summed E-state index contributed by atoms with van der Waals surface area (Å²) in [6.07, 6.45) is 6.71. The third-order valence-electron chi connectivity index (χ3n) is 3.89. The predicted octanol–water partition coefficient (Wildman–Crippen LogP) is 3.59. The molecule has 1 N–H and O–H groups in total. The number of hydrogen-bond acceptors (Lipinski definition) is 1. The Labute approximate surface area is 97.6 Å². The minimum absolute atomic E-state index is 0.505. The van der Waals surface area contributed by atoms with Gasteiger partial charge in [0.1, 0.15) is 0 Å². The first-order chi connectivity index (χ1) is 7.95. The zero-order valence-corrected chi connectivity index (χ0v) is 9.71. The van der Waals surface area contributed by atoms with Crippen molar-refractivity contribution in [2.45, 2.75) is 38.1 Å². The van der Waals surface area contributed by atoms with Gasteiger partial charge in [-0.25, -0.2) is 0 Å². The Morgan fingerprint density at radius 1 is 0.938 bits per heavy atom. The summed E-state index contributed by atoms with van der Waals surface area (Å²) in [6.45, 7) is 1.15. The molecule has 2 aliphatic rings. The van der Waals surface area contributed by atoms with Crippen molar-refractivity contribution in [3.05, 3.63) is 47.0 Å². The van der Waals surface area contributed by atoms with Gasteiger partial charge in [-0.15, -0.1) is 0 Å². The third kappa shape index (κ3) is 1.80. The molecule has 0 radical (unpaired) electrons. The van der Waals surface area contributed by atoms with Gasteiger partial charge in [-0.2, -0.15) is 0 Å². The van der Waals surface area contributed by atoms with Crippen LogP contribution in [0.15, 0.2) is 41.5 Å². The van der Waals surface area contributed by atoms with E-state index in [1.165, 1.54) is 37.7 Å². The Balaban J connectivity index is 1.95. The molecule has 0 saturated heterocycles. The molecule has 0 aromatic heterocycles. The van der Waals surface area contributed by atoms with Crippen LogP contribution in [0.25, 0.3) is 0 Å². The van der Waals surface area contributed by atoms with E-state index in [1.54, 1.807) is 11.1 Å². The molecular formula is C15H19N. The summed E-state index contributed by atoms with van der Waals surface area (Å²) in [5.41, 5.74) is 4.89. The summed E-state index contributed by atoms with van der Waals surface area (Å²) in [5, 5.41) is 3.68. The fraction of sp³-hybridized carbons (Fsp3) is 0.467. The highest BCUT2D eigenvalue weighted by molar-refractivity contribution is 5.34. The van der Waals surface area contributed by atoms with Crippen molar-refractivity contribution < 1.29 is 0 Å². The van der Waals surface area contributed by atoms with Gasteiger partial charge in [0, 0.05) is 0 Å². The normalized spacial score (nSPS) is 25.4. The highest BCUT2D eigenvalue weighted by Crippen LogP contribution is 2.37. The lowest BCUT2D eigenvalue weighted by Gasteiger charge is -2.33. The first-order valence-corrected chi connectivity index (χ1v) is 6.44. The number of benzene rings is 1. The molecule has 1 aliphatic carbocycles. The van der Waals surface area contributed by atoms with Gasteiger partial charge in [-0.05, 0) is 49.8 Å². The van der Waals surface area contributed by atoms with E-state index in [9.17, 15) is 0 Å². The summed E-state index contributed by atoms with van der Waals surface area (Å²) >= 11 is 0. The van der Waals surface area contributed by atoms with Crippen molar-refractivity contribution in [2.24, 2.45) is 0 Å². The quantitative estimate of drug-likeness (QED) is 0.703. The summed E-state index contributed by atoms with van der Waals surface area (Å²) in [7, 11) is 0. The Bertz CT molecular complexity index is 387. The Hall–Kier alpha value is -1.08. The lowest BCUT2D eigenvalue weighted by Crippen LogP contribution is -2.30. The van der Waals surface area contributed by atoms with Gasteiger partial charge in [0.15, 0.2) is 0 Å². The van der Waals surface area contributed by atoms with E-state index in [2.05, 4.69) is 35.6 Å². The number of nitrogens with one attached hydrogen (secondary N) is 1. The Morgan fingerprint density at radius 3 is 2.62 bits per heavy atom. The van der Waals surface area contributed by atoms with E-state index in [-0.39, 0.29) is 0 Å². The largest absolute Gasteiger partial charge is 0.306 e. The fourth-order valence-corrected chi connectivity index (χ4v) is 3.08. The van der Waals surface area contributed by atoms with Crippen LogP contribution in [0.5, 0.6) is 0 Å². The molecule has 0 fully saturated rings. The van der Waals surface area contributed by atoms with Gasteiger partial charge in [0.05, 0.1) is 6.04 Å². The molecular weight excluding hydrogens is 194 g/mol. The average Bonchev–Trinajstić information content (AvgIpc) is 2.39. The van der Waals surface area contributed by atoms with Crippen molar-refractivity contribution in [2.75, 3.05) is 6.54 Å². The molecule has 1 aromatic rings. The van der Waals surface area contributed by atoms with E-state index in [4.69, 9.17) is 0 Å². The lowest BCUT2D eigenvalue weighted by atomic mass is 9.81. The standard InChI is InChI=1S/C15H19N/c1-2-7-13(8-3-1)15-14-9-5-4-6-12(14)10-11-16-15/h1-3,7-8,15-16H,4-6,9-11H2. The summed E-state index contributed by atoms with van der Waals surface area (Å²) in [6, 6.07) is 11.4. The van der Waals surface area contributed by atoms with Crippen LogP contribution in [0.1, 0.15) is 43.7 Å². The number of hydrogen-bond donors (Lipinski definition) is 1. The zero-order valence-electron chi connectivity index (χ0n) is 9.71. The maximum absolute atomic E-state index is 3.68. The van der Waals surface area contributed by atoms with Crippen LogP contribution in [0.2, 0.25) is 0 Å². The molecule has 1 heteroatoms. The molecule has 1 unspecified atom stereocenters. The van der Waals surface area contributed by atoms with Crippen LogP contribution in [0.3, 0.4) is 0 Å². The highest BCUT2D eigenvalue weighted by Gasteiger charge is 2.25. The van der Waals surface area contributed by atoms with Crippen LogP contribution in [-0.4, -0.2) is 6.54 Å². The fourth-order valence-electron chi connectivity index (χ4n) is 3.08. The van der Waals surface area contributed by atoms with Crippen molar-refractivity contribution in [1.29, 1.82) is 0 Å². The summed E-state index contributed by atoms with van der Waals surface area (Å²) < 4.78 is 0. The van der Waals surface area contributed by atoms with E-state index in [1.807, 2.05) is 0 Å². The van der Waals surface area contributed by atoms with Gasteiger partial charge in [-0.3, -0.25) is 0 Å². The van der Waals surface area contributed by atoms with Gasteiger partial charge in [0.2, 0.25) is 0 Å². The minimum atomic E-state index is 0.505. The van der Waals surface area contributed by atoms with Crippen LogP contribution >= 0.6 is 0 Å². The van der Waals surface area contributed by atoms with Crippen LogP contribution < -0.4 is 5.32 Å².